The van der Waals surface area contributed by atoms with Gasteiger partial charge in [0.25, 0.3) is 0 Å². The smallest absolute Gasteiger partial charge is 0.123 e. The Morgan fingerprint density at radius 3 is 2.33 bits per heavy atom. The third-order valence-corrected chi connectivity index (χ3v) is 2.47. The monoisotopic (exact) mass is 211 g/mol. The third-order valence-electron chi connectivity index (χ3n) is 2.47. The zero-order valence-corrected chi connectivity index (χ0v) is 8.13. The molecule has 1 fully saturated rings. The van der Waals surface area contributed by atoms with Crippen molar-refractivity contribution in [1.29, 1.82) is 0 Å². The van der Waals surface area contributed by atoms with Gasteiger partial charge >= 0.3 is 0 Å². The molecule has 1 aliphatic rings. The van der Waals surface area contributed by atoms with Crippen LogP contribution in [0.5, 0.6) is 0 Å². The van der Waals surface area contributed by atoms with Crippen molar-refractivity contribution in [2.24, 2.45) is 5.73 Å². The van der Waals surface area contributed by atoms with Crippen molar-refractivity contribution in [2.75, 3.05) is 6.54 Å². The van der Waals surface area contributed by atoms with Crippen molar-refractivity contribution in [3.8, 4) is 0 Å². The Balaban J connectivity index is 2.14. The average Bonchev–Trinajstić information content (AvgIpc) is 2.75. The van der Waals surface area contributed by atoms with E-state index in [0.29, 0.717) is 6.54 Å². The molecule has 0 bridgehead atoms. The van der Waals surface area contributed by atoms with E-state index in [0.717, 1.165) is 5.56 Å². The van der Waals surface area contributed by atoms with E-state index < -0.39 is 0 Å². The Morgan fingerprint density at radius 2 is 1.80 bits per heavy atom. The number of hydrogen-bond acceptors (Lipinski definition) is 5. The maximum Gasteiger partial charge on any atom is 0.123 e. The summed E-state index contributed by atoms with van der Waals surface area (Å²) in [5, 5.41) is 0. The lowest BCUT2D eigenvalue weighted by Gasteiger charge is -2.21. The standard InChI is InChI=1S/C9H14FN5/c10-7-3-1-6(2-4-7)8(5-11)9-12-14-15-13-9/h1-4,8-9,12-15H,5,11H2. The van der Waals surface area contributed by atoms with Crippen LogP contribution in [0.1, 0.15) is 11.5 Å². The summed E-state index contributed by atoms with van der Waals surface area (Å²) in [6.07, 6.45) is -0.0135. The van der Waals surface area contributed by atoms with Crippen LogP contribution in [-0.4, -0.2) is 12.7 Å². The molecule has 1 heterocycles. The number of nitrogens with two attached hydrogens (primary N) is 1. The quantitative estimate of drug-likeness (QED) is 0.458. The molecule has 0 aliphatic carbocycles. The van der Waals surface area contributed by atoms with Gasteiger partial charge in [-0.3, -0.25) is 0 Å². The van der Waals surface area contributed by atoms with Crippen LogP contribution >= 0.6 is 0 Å². The second-order valence-corrected chi connectivity index (χ2v) is 3.41. The van der Waals surface area contributed by atoms with Gasteiger partial charge in [-0.25, -0.2) is 15.2 Å². The number of halogens is 1. The largest absolute Gasteiger partial charge is 0.330 e. The van der Waals surface area contributed by atoms with Crippen molar-refractivity contribution in [3.05, 3.63) is 35.6 Å². The fourth-order valence-electron chi connectivity index (χ4n) is 1.64. The van der Waals surface area contributed by atoms with Crippen molar-refractivity contribution >= 4 is 0 Å². The van der Waals surface area contributed by atoms with E-state index in [4.69, 9.17) is 5.73 Å². The van der Waals surface area contributed by atoms with Crippen molar-refractivity contribution in [2.45, 2.75) is 12.1 Å². The summed E-state index contributed by atoms with van der Waals surface area (Å²) < 4.78 is 12.7. The van der Waals surface area contributed by atoms with E-state index in [9.17, 15) is 4.39 Å². The Hall–Kier alpha value is -1.05. The first-order valence-corrected chi connectivity index (χ1v) is 4.78. The SMILES string of the molecule is NCC(c1ccc(F)cc1)C1NNNN1. The van der Waals surface area contributed by atoms with Gasteiger partial charge in [-0.2, -0.15) is 11.1 Å². The number of rotatable bonds is 3. The average molecular weight is 211 g/mol. The molecule has 15 heavy (non-hydrogen) atoms. The number of benzene rings is 1. The van der Waals surface area contributed by atoms with Crippen molar-refractivity contribution in [3.63, 3.8) is 0 Å². The van der Waals surface area contributed by atoms with Gasteiger partial charge in [0.1, 0.15) is 5.82 Å². The molecule has 2 rings (SSSR count). The minimum Gasteiger partial charge on any atom is -0.330 e. The van der Waals surface area contributed by atoms with Crippen LogP contribution in [0.15, 0.2) is 24.3 Å². The lowest BCUT2D eigenvalue weighted by Crippen LogP contribution is -2.42. The maximum atomic E-state index is 12.7. The second kappa shape index (κ2) is 4.65. The molecule has 6 N–H and O–H groups in total. The Morgan fingerprint density at radius 1 is 1.20 bits per heavy atom. The number of nitrogens with one attached hydrogen (secondary N) is 4. The highest BCUT2D eigenvalue weighted by molar-refractivity contribution is 5.22. The molecular formula is C9H14FN5. The number of hydrogen-bond donors (Lipinski definition) is 5. The molecule has 1 aliphatic heterocycles. The highest BCUT2D eigenvalue weighted by Crippen LogP contribution is 2.18. The predicted molar refractivity (Wildman–Crippen MR) is 54.5 cm³/mol. The summed E-state index contributed by atoms with van der Waals surface area (Å²) in [4.78, 5) is 0. The van der Waals surface area contributed by atoms with Crippen LogP contribution in [-0.2, 0) is 0 Å². The van der Waals surface area contributed by atoms with Gasteiger partial charge in [0.2, 0.25) is 0 Å². The van der Waals surface area contributed by atoms with Gasteiger partial charge in [0.15, 0.2) is 0 Å². The maximum absolute atomic E-state index is 12.7. The minimum absolute atomic E-state index is 0.0135. The summed E-state index contributed by atoms with van der Waals surface area (Å²) in [6, 6.07) is 6.37. The van der Waals surface area contributed by atoms with Crippen LogP contribution in [0.25, 0.3) is 0 Å². The zero-order chi connectivity index (χ0) is 10.7. The van der Waals surface area contributed by atoms with E-state index in [-0.39, 0.29) is 17.9 Å². The van der Waals surface area contributed by atoms with Crippen LogP contribution in [0.2, 0.25) is 0 Å². The second-order valence-electron chi connectivity index (χ2n) is 3.41. The van der Waals surface area contributed by atoms with Crippen molar-refractivity contribution in [1.82, 2.24) is 21.9 Å². The molecule has 1 aromatic rings. The molecule has 0 saturated carbocycles. The molecule has 82 valence electrons. The van der Waals surface area contributed by atoms with E-state index in [1.165, 1.54) is 12.1 Å². The normalized spacial score (nSPS) is 19.3. The number of hydrazine groups is 3. The zero-order valence-electron chi connectivity index (χ0n) is 8.13. The molecule has 1 unspecified atom stereocenters. The first kappa shape index (κ1) is 10.5. The van der Waals surface area contributed by atoms with E-state index in [1.807, 2.05) is 0 Å². The predicted octanol–water partition coefficient (Wildman–Crippen LogP) is -0.689. The van der Waals surface area contributed by atoms with Crippen LogP contribution in [0.4, 0.5) is 4.39 Å². The Labute approximate surface area is 87.1 Å². The molecule has 6 heteroatoms. The summed E-state index contributed by atoms with van der Waals surface area (Å²) in [5.74, 6) is -0.161. The molecule has 0 amide bonds. The van der Waals surface area contributed by atoms with Crippen molar-refractivity contribution < 1.29 is 4.39 Å². The Bertz CT molecular complexity index is 309. The summed E-state index contributed by atoms with van der Waals surface area (Å²) in [5.41, 5.74) is 18.1. The highest BCUT2D eigenvalue weighted by atomic mass is 19.1. The molecule has 1 atom stereocenters. The van der Waals surface area contributed by atoms with Gasteiger partial charge in [-0.15, -0.1) is 0 Å². The van der Waals surface area contributed by atoms with Crippen LogP contribution in [0, 0.1) is 5.82 Å². The summed E-state index contributed by atoms with van der Waals surface area (Å²) in [7, 11) is 0. The first-order valence-electron chi connectivity index (χ1n) is 4.78. The van der Waals surface area contributed by atoms with Gasteiger partial charge < -0.3 is 5.73 Å². The fraction of sp³-hybridized carbons (Fsp3) is 0.333. The van der Waals surface area contributed by atoms with Gasteiger partial charge in [0.05, 0.1) is 6.17 Å². The molecule has 0 aromatic heterocycles. The minimum atomic E-state index is -0.238. The summed E-state index contributed by atoms with van der Waals surface area (Å²) >= 11 is 0. The molecule has 5 nitrogen and oxygen atoms in total. The lowest BCUT2D eigenvalue weighted by molar-refractivity contribution is 0.436. The van der Waals surface area contributed by atoms with E-state index >= 15 is 0 Å². The first-order chi connectivity index (χ1) is 7.31. The Kier molecular flexibility index (Phi) is 3.24. The highest BCUT2D eigenvalue weighted by Gasteiger charge is 2.24. The molecule has 0 radical (unpaired) electrons. The third kappa shape index (κ3) is 2.31. The van der Waals surface area contributed by atoms with E-state index in [2.05, 4.69) is 21.9 Å². The molecule has 1 saturated heterocycles. The van der Waals surface area contributed by atoms with E-state index in [1.54, 1.807) is 12.1 Å². The lowest BCUT2D eigenvalue weighted by atomic mass is 9.96. The fourth-order valence-corrected chi connectivity index (χ4v) is 1.64. The van der Waals surface area contributed by atoms with Crippen LogP contribution in [0.3, 0.4) is 0 Å². The molecule has 1 aromatic carbocycles. The molecule has 0 spiro atoms. The van der Waals surface area contributed by atoms with Gasteiger partial charge in [0, 0.05) is 12.5 Å². The van der Waals surface area contributed by atoms with Crippen LogP contribution < -0.4 is 27.7 Å². The summed E-state index contributed by atoms with van der Waals surface area (Å²) in [6.45, 7) is 0.472. The van der Waals surface area contributed by atoms with Gasteiger partial charge in [-0.1, -0.05) is 12.1 Å². The topological polar surface area (TPSA) is 74.1 Å². The molecular weight excluding hydrogens is 197 g/mol. The van der Waals surface area contributed by atoms with Gasteiger partial charge in [-0.05, 0) is 17.7 Å².